The first-order valence-electron chi connectivity index (χ1n) is 13.0. The summed E-state index contributed by atoms with van der Waals surface area (Å²) in [5, 5.41) is 33.2. The molecule has 9 heteroatoms. The number of aromatic nitrogens is 2. The number of halogens is 2. The largest absolute Gasteiger partial charge is 0.480 e. The van der Waals surface area contributed by atoms with E-state index in [1.165, 1.54) is 6.07 Å². The summed E-state index contributed by atoms with van der Waals surface area (Å²) < 4.78 is 35.4. The molecule has 1 aliphatic rings. The molecule has 204 valence electrons. The number of rotatable bonds is 12. The van der Waals surface area contributed by atoms with Gasteiger partial charge < -0.3 is 20.1 Å². The fourth-order valence-corrected chi connectivity index (χ4v) is 5.19. The second-order valence-corrected chi connectivity index (χ2v) is 10.0. The standard InChI is InChI=1S/C29H34F2N2O5/c30-24-12-10-22(14-25(24)31)28-26(13-11-23(35)16-34)33(32-29(28)21-4-2-1-3-5-21)15-19-6-8-20(9-7-19)17-38-18-27(36)37/h1-5,10,12,14,19-20,23,34-35H,6-9,11,13,15-18H2,(H,36,37)/t19-,20-,23-/m1/s1. The van der Waals surface area contributed by atoms with Crippen LogP contribution in [0.4, 0.5) is 8.78 Å². The number of aliphatic hydroxyl groups excluding tert-OH is 2. The number of carboxylic acid groups (broad SMARTS) is 1. The van der Waals surface area contributed by atoms with Gasteiger partial charge in [0.15, 0.2) is 11.6 Å². The van der Waals surface area contributed by atoms with Crippen molar-refractivity contribution in [1.29, 1.82) is 0 Å². The van der Waals surface area contributed by atoms with Crippen LogP contribution in [0.2, 0.25) is 0 Å². The number of hydrogen-bond donors (Lipinski definition) is 3. The minimum absolute atomic E-state index is 0.286. The van der Waals surface area contributed by atoms with Gasteiger partial charge in [-0.3, -0.25) is 4.68 Å². The maximum atomic E-state index is 14.3. The fourth-order valence-electron chi connectivity index (χ4n) is 5.19. The van der Waals surface area contributed by atoms with Crippen LogP contribution in [0, 0.1) is 23.5 Å². The molecule has 7 nitrogen and oxygen atoms in total. The number of nitrogens with zero attached hydrogens (tertiary/aromatic N) is 2. The van der Waals surface area contributed by atoms with Gasteiger partial charge in [-0.15, -0.1) is 0 Å². The molecular weight excluding hydrogens is 494 g/mol. The zero-order valence-electron chi connectivity index (χ0n) is 21.2. The number of carbonyl (C=O) groups is 1. The van der Waals surface area contributed by atoms with Crippen LogP contribution < -0.4 is 0 Å². The smallest absolute Gasteiger partial charge is 0.329 e. The van der Waals surface area contributed by atoms with Gasteiger partial charge in [-0.05, 0) is 68.1 Å². The number of hydrogen-bond acceptors (Lipinski definition) is 5. The molecular formula is C29H34F2N2O5. The summed E-state index contributed by atoms with van der Waals surface area (Å²) in [5.41, 5.74) is 3.49. The monoisotopic (exact) mass is 528 g/mol. The van der Waals surface area contributed by atoms with Crippen molar-refractivity contribution in [1.82, 2.24) is 9.78 Å². The lowest BCUT2D eigenvalue weighted by molar-refractivity contribution is -0.142. The predicted molar refractivity (Wildman–Crippen MR) is 138 cm³/mol. The molecule has 1 aliphatic carbocycles. The van der Waals surface area contributed by atoms with Crippen LogP contribution in [-0.2, 0) is 22.5 Å². The van der Waals surface area contributed by atoms with E-state index >= 15 is 0 Å². The van der Waals surface area contributed by atoms with Gasteiger partial charge in [0.2, 0.25) is 0 Å². The van der Waals surface area contributed by atoms with Crippen molar-refractivity contribution in [3.8, 4) is 22.4 Å². The number of aliphatic carboxylic acids is 1. The molecule has 38 heavy (non-hydrogen) atoms. The summed E-state index contributed by atoms with van der Waals surface area (Å²) in [6.07, 6.45) is 3.49. The summed E-state index contributed by atoms with van der Waals surface area (Å²) in [5.74, 6) is -2.20. The Kier molecular flexibility index (Phi) is 9.60. The van der Waals surface area contributed by atoms with Crippen LogP contribution in [0.15, 0.2) is 48.5 Å². The van der Waals surface area contributed by atoms with E-state index in [-0.39, 0.29) is 13.2 Å². The number of carboxylic acids is 1. The average molecular weight is 529 g/mol. The van der Waals surface area contributed by atoms with E-state index in [0.29, 0.717) is 54.6 Å². The lowest BCUT2D eigenvalue weighted by Crippen LogP contribution is -2.24. The summed E-state index contributed by atoms with van der Waals surface area (Å²) in [6.45, 7) is 0.403. The SMILES string of the molecule is O=C(O)COC[C@H]1CC[C@H](Cn2nc(-c3ccccc3)c(-c3ccc(F)c(F)c3)c2CC[C@@H](O)CO)CC1. The highest BCUT2D eigenvalue weighted by molar-refractivity contribution is 5.83. The van der Waals surface area contributed by atoms with Crippen molar-refractivity contribution in [3.05, 3.63) is 65.9 Å². The van der Waals surface area contributed by atoms with Gasteiger partial charge in [0.1, 0.15) is 12.3 Å². The molecule has 1 atom stereocenters. The highest BCUT2D eigenvalue weighted by atomic mass is 19.2. The summed E-state index contributed by atoms with van der Waals surface area (Å²) in [6, 6.07) is 13.4. The van der Waals surface area contributed by atoms with Crippen molar-refractivity contribution < 1.29 is 33.6 Å². The molecule has 0 bridgehead atoms. The maximum Gasteiger partial charge on any atom is 0.329 e. The van der Waals surface area contributed by atoms with Gasteiger partial charge in [0.25, 0.3) is 0 Å². The molecule has 1 heterocycles. The summed E-state index contributed by atoms with van der Waals surface area (Å²) in [7, 11) is 0. The van der Waals surface area contributed by atoms with Crippen molar-refractivity contribution in [2.24, 2.45) is 11.8 Å². The van der Waals surface area contributed by atoms with Gasteiger partial charge in [-0.2, -0.15) is 5.10 Å². The zero-order chi connectivity index (χ0) is 27.1. The Morgan fingerprint density at radius 1 is 1.03 bits per heavy atom. The third-order valence-corrected chi connectivity index (χ3v) is 7.21. The Bertz CT molecular complexity index is 1210. The van der Waals surface area contributed by atoms with Crippen molar-refractivity contribution >= 4 is 5.97 Å². The van der Waals surface area contributed by atoms with Crippen molar-refractivity contribution in [2.75, 3.05) is 19.8 Å². The lowest BCUT2D eigenvalue weighted by atomic mass is 9.82. The Morgan fingerprint density at radius 2 is 1.74 bits per heavy atom. The molecule has 0 radical (unpaired) electrons. The van der Waals surface area contributed by atoms with Crippen molar-refractivity contribution in [3.63, 3.8) is 0 Å². The number of aliphatic hydroxyl groups is 2. The third-order valence-electron chi connectivity index (χ3n) is 7.21. The van der Waals surface area contributed by atoms with Gasteiger partial charge in [-0.1, -0.05) is 36.4 Å². The minimum atomic E-state index is -0.970. The molecule has 0 aliphatic heterocycles. The molecule has 1 aromatic heterocycles. The van der Waals surface area contributed by atoms with E-state index in [9.17, 15) is 23.8 Å². The molecule has 0 spiro atoms. The van der Waals surface area contributed by atoms with Crippen LogP contribution in [0.1, 0.15) is 37.8 Å². The Labute approximate surface area is 220 Å². The first-order chi connectivity index (χ1) is 18.4. The quantitative estimate of drug-likeness (QED) is 0.315. The number of ether oxygens (including phenoxy) is 1. The van der Waals surface area contributed by atoms with Crippen LogP contribution >= 0.6 is 0 Å². The van der Waals surface area contributed by atoms with E-state index in [1.807, 2.05) is 35.0 Å². The highest BCUT2D eigenvalue weighted by Gasteiger charge is 2.26. The van der Waals surface area contributed by atoms with E-state index < -0.39 is 23.7 Å². The molecule has 0 amide bonds. The molecule has 0 saturated heterocycles. The molecule has 2 aromatic carbocycles. The van der Waals surface area contributed by atoms with E-state index in [1.54, 1.807) is 6.07 Å². The molecule has 3 aromatic rings. The zero-order valence-corrected chi connectivity index (χ0v) is 21.2. The van der Waals surface area contributed by atoms with E-state index in [0.717, 1.165) is 43.0 Å². The third kappa shape index (κ3) is 7.03. The topological polar surface area (TPSA) is 105 Å². The first-order valence-corrected chi connectivity index (χ1v) is 13.0. The van der Waals surface area contributed by atoms with Gasteiger partial charge in [0.05, 0.1) is 19.3 Å². The number of benzene rings is 2. The summed E-state index contributed by atoms with van der Waals surface area (Å²) in [4.78, 5) is 10.7. The Morgan fingerprint density at radius 3 is 2.39 bits per heavy atom. The molecule has 1 saturated carbocycles. The van der Waals surface area contributed by atoms with Crippen LogP contribution in [0.3, 0.4) is 0 Å². The molecule has 4 rings (SSSR count). The lowest BCUT2D eigenvalue weighted by Gasteiger charge is -2.28. The van der Waals surface area contributed by atoms with Crippen LogP contribution in [0.5, 0.6) is 0 Å². The van der Waals surface area contributed by atoms with Gasteiger partial charge in [0, 0.05) is 23.4 Å². The predicted octanol–water partition coefficient (Wildman–Crippen LogP) is 4.69. The molecule has 3 N–H and O–H groups in total. The Balaban J connectivity index is 1.65. The van der Waals surface area contributed by atoms with Gasteiger partial charge >= 0.3 is 5.97 Å². The van der Waals surface area contributed by atoms with Crippen LogP contribution in [-0.4, -0.2) is 57.0 Å². The Hall–Kier alpha value is -3.14. The molecule has 0 unspecified atom stereocenters. The normalized spacial score (nSPS) is 18.4. The fraction of sp³-hybridized carbons (Fsp3) is 0.448. The minimum Gasteiger partial charge on any atom is -0.480 e. The van der Waals surface area contributed by atoms with Crippen LogP contribution in [0.25, 0.3) is 22.4 Å². The highest BCUT2D eigenvalue weighted by Crippen LogP contribution is 2.38. The molecule has 1 fully saturated rings. The second kappa shape index (κ2) is 13.1. The maximum absolute atomic E-state index is 14.3. The summed E-state index contributed by atoms with van der Waals surface area (Å²) >= 11 is 0. The van der Waals surface area contributed by atoms with E-state index in [4.69, 9.17) is 14.9 Å². The first kappa shape index (κ1) is 27.9. The average Bonchev–Trinajstić information content (AvgIpc) is 3.28. The van der Waals surface area contributed by atoms with Crippen molar-refractivity contribution in [2.45, 2.75) is 51.2 Å². The van der Waals surface area contributed by atoms with E-state index in [2.05, 4.69) is 0 Å². The second-order valence-electron chi connectivity index (χ2n) is 10.0. The van der Waals surface area contributed by atoms with Gasteiger partial charge in [-0.25, -0.2) is 13.6 Å².